The van der Waals surface area contributed by atoms with Crippen LogP contribution in [0.4, 0.5) is 15.8 Å². The Hall–Kier alpha value is -2.45. The van der Waals surface area contributed by atoms with Gasteiger partial charge in [-0.15, -0.1) is 0 Å². The fraction of sp³-hybridized carbons (Fsp3) is 0.0667. The van der Waals surface area contributed by atoms with E-state index in [-0.39, 0.29) is 5.82 Å². The molecule has 2 N–H and O–H groups in total. The van der Waals surface area contributed by atoms with E-state index < -0.39 is 0 Å². The van der Waals surface area contributed by atoms with E-state index in [2.05, 4.69) is 16.7 Å². The number of hydrogen-bond donors (Lipinski definition) is 2. The highest BCUT2D eigenvalue weighted by atomic mass is 32.1. The molecule has 0 aromatic heterocycles. The van der Waals surface area contributed by atoms with E-state index in [1.807, 2.05) is 0 Å². The molecule has 0 fully saturated rings. The molecule has 2 aromatic rings. The van der Waals surface area contributed by atoms with Gasteiger partial charge in [0.15, 0.2) is 5.11 Å². The minimum atomic E-state index is -0.288. The van der Waals surface area contributed by atoms with Crippen LogP contribution in [0.2, 0.25) is 0 Å². The second-order valence-corrected chi connectivity index (χ2v) is 4.59. The van der Waals surface area contributed by atoms with E-state index in [1.54, 1.807) is 43.3 Å². The zero-order valence-corrected chi connectivity index (χ0v) is 11.6. The van der Waals surface area contributed by atoms with Gasteiger partial charge in [0.1, 0.15) is 5.82 Å². The molecule has 0 saturated carbocycles. The molecule has 0 saturated heterocycles. The van der Waals surface area contributed by atoms with E-state index in [1.165, 1.54) is 6.07 Å². The van der Waals surface area contributed by atoms with Gasteiger partial charge in [-0.1, -0.05) is 12.1 Å². The van der Waals surface area contributed by atoms with Gasteiger partial charge in [-0.2, -0.15) is 5.26 Å². The summed E-state index contributed by atoms with van der Waals surface area (Å²) in [6.07, 6.45) is 0. The third kappa shape index (κ3) is 3.31. The Balaban J connectivity index is 2.09. The van der Waals surface area contributed by atoms with Crippen molar-refractivity contribution in [2.45, 2.75) is 6.92 Å². The van der Waals surface area contributed by atoms with Gasteiger partial charge in [-0.05, 0) is 49.5 Å². The van der Waals surface area contributed by atoms with Crippen LogP contribution >= 0.6 is 12.2 Å². The van der Waals surface area contributed by atoms with Gasteiger partial charge in [0, 0.05) is 16.9 Å². The summed E-state index contributed by atoms with van der Waals surface area (Å²) in [5.74, 6) is -0.288. The van der Waals surface area contributed by atoms with Crippen LogP contribution in [-0.2, 0) is 0 Å². The second-order valence-electron chi connectivity index (χ2n) is 4.18. The molecular weight excluding hydrogens is 273 g/mol. The largest absolute Gasteiger partial charge is 0.332 e. The van der Waals surface area contributed by atoms with Crippen molar-refractivity contribution in [1.29, 1.82) is 5.26 Å². The first-order valence-corrected chi connectivity index (χ1v) is 6.34. The summed E-state index contributed by atoms with van der Waals surface area (Å²) >= 11 is 5.17. The normalized spacial score (nSPS) is 9.65. The van der Waals surface area contributed by atoms with Crippen LogP contribution in [0.25, 0.3) is 0 Å². The van der Waals surface area contributed by atoms with Gasteiger partial charge in [0.05, 0.1) is 11.6 Å². The molecule has 100 valence electrons. The van der Waals surface area contributed by atoms with E-state index in [9.17, 15) is 4.39 Å². The van der Waals surface area contributed by atoms with Gasteiger partial charge in [0.25, 0.3) is 0 Å². The summed E-state index contributed by atoms with van der Waals surface area (Å²) in [4.78, 5) is 0. The summed E-state index contributed by atoms with van der Waals surface area (Å²) < 4.78 is 13.4. The molecule has 0 radical (unpaired) electrons. The van der Waals surface area contributed by atoms with Crippen LogP contribution in [0.5, 0.6) is 0 Å². The first kappa shape index (κ1) is 14.0. The Bertz CT molecular complexity index is 692. The van der Waals surface area contributed by atoms with Crippen LogP contribution < -0.4 is 10.6 Å². The molecule has 0 heterocycles. The molecule has 0 bridgehead atoms. The lowest BCUT2D eigenvalue weighted by Crippen LogP contribution is -2.19. The fourth-order valence-corrected chi connectivity index (χ4v) is 1.92. The van der Waals surface area contributed by atoms with Crippen molar-refractivity contribution >= 4 is 28.7 Å². The number of hydrogen-bond acceptors (Lipinski definition) is 2. The molecule has 0 amide bonds. The van der Waals surface area contributed by atoms with E-state index in [0.717, 1.165) is 0 Å². The average Bonchev–Trinajstić information content (AvgIpc) is 2.44. The van der Waals surface area contributed by atoms with Gasteiger partial charge in [0.2, 0.25) is 0 Å². The summed E-state index contributed by atoms with van der Waals surface area (Å²) in [6, 6.07) is 13.8. The third-order valence-electron chi connectivity index (χ3n) is 2.77. The highest BCUT2D eigenvalue weighted by Gasteiger charge is 2.05. The van der Waals surface area contributed by atoms with Gasteiger partial charge < -0.3 is 10.6 Å². The number of nitriles is 1. The molecule has 0 spiro atoms. The SMILES string of the molecule is Cc1c(F)cccc1NC(=S)Nc1cccc(C#N)c1. The zero-order chi connectivity index (χ0) is 14.5. The van der Waals surface area contributed by atoms with Crippen molar-refractivity contribution in [3.05, 3.63) is 59.4 Å². The topological polar surface area (TPSA) is 47.8 Å². The smallest absolute Gasteiger partial charge is 0.175 e. The van der Waals surface area contributed by atoms with Crippen LogP contribution in [0.15, 0.2) is 42.5 Å². The Morgan fingerprint density at radius 1 is 1.20 bits per heavy atom. The molecule has 0 aliphatic heterocycles. The average molecular weight is 285 g/mol. The maximum absolute atomic E-state index is 13.4. The summed E-state index contributed by atoms with van der Waals surface area (Å²) in [7, 11) is 0. The lowest BCUT2D eigenvalue weighted by atomic mass is 10.2. The molecule has 0 aliphatic rings. The zero-order valence-electron chi connectivity index (χ0n) is 10.8. The first-order chi connectivity index (χ1) is 9.60. The number of nitrogens with one attached hydrogen (secondary N) is 2. The van der Waals surface area contributed by atoms with Crippen LogP contribution in [0.3, 0.4) is 0 Å². The predicted octanol–water partition coefficient (Wildman–Crippen LogP) is 3.81. The highest BCUT2D eigenvalue weighted by Crippen LogP contribution is 2.18. The number of anilines is 2. The lowest BCUT2D eigenvalue weighted by molar-refractivity contribution is 0.619. The number of halogens is 1. The van der Waals surface area contributed by atoms with E-state index in [0.29, 0.717) is 27.6 Å². The second kappa shape index (κ2) is 6.13. The van der Waals surface area contributed by atoms with Crippen LogP contribution in [0.1, 0.15) is 11.1 Å². The summed E-state index contributed by atoms with van der Waals surface area (Å²) in [6.45, 7) is 1.68. The maximum atomic E-state index is 13.4. The van der Waals surface area contributed by atoms with Crippen molar-refractivity contribution < 1.29 is 4.39 Å². The van der Waals surface area contributed by atoms with E-state index >= 15 is 0 Å². The molecule has 2 aromatic carbocycles. The maximum Gasteiger partial charge on any atom is 0.175 e. The molecule has 3 nitrogen and oxygen atoms in total. The van der Waals surface area contributed by atoms with Gasteiger partial charge in [-0.25, -0.2) is 4.39 Å². The molecule has 0 unspecified atom stereocenters. The first-order valence-electron chi connectivity index (χ1n) is 5.93. The van der Waals surface area contributed by atoms with Gasteiger partial charge in [-0.3, -0.25) is 0 Å². The minimum Gasteiger partial charge on any atom is -0.332 e. The Kier molecular flexibility index (Phi) is 4.28. The van der Waals surface area contributed by atoms with Crippen molar-refractivity contribution in [1.82, 2.24) is 0 Å². The summed E-state index contributed by atoms with van der Waals surface area (Å²) in [5, 5.41) is 15.1. The number of thiocarbonyl (C=S) groups is 1. The molecule has 0 aliphatic carbocycles. The van der Waals surface area contributed by atoms with Crippen molar-refractivity contribution in [3.8, 4) is 6.07 Å². The lowest BCUT2D eigenvalue weighted by Gasteiger charge is -2.12. The van der Waals surface area contributed by atoms with Crippen LogP contribution in [0, 0.1) is 24.1 Å². The third-order valence-corrected chi connectivity index (χ3v) is 2.97. The number of nitrogens with zero attached hydrogens (tertiary/aromatic N) is 1. The quantitative estimate of drug-likeness (QED) is 0.824. The van der Waals surface area contributed by atoms with Crippen LogP contribution in [-0.4, -0.2) is 5.11 Å². The molecular formula is C15H12FN3S. The highest BCUT2D eigenvalue weighted by molar-refractivity contribution is 7.80. The van der Waals surface area contributed by atoms with Gasteiger partial charge >= 0.3 is 0 Å². The summed E-state index contributed by atoms with van der Waals surface area (Å²) in [5.41, 5.74) is 2.36. The molecule has 0 atom stereocenters. The molecule has 20 heavy (non-hydrogen) atoms. The molecule has 5 heteroatoms. The fourth-order valence-electron chi connectivity index (χ4n) is 1.69. The van der Waals surface area contributed by atoms with E-state index in [4.69, 9.17) is 17.5 Å². The monoisotopic (exact) mass is 285 g/mol. The van der Waals surface area contributed by atoms with Crippen molar-refractivity contribution in [2.75, 3.05) is 10.6 Å². The minimum absolute atomic E-state index is 0.288. The standard InChI is InChI=1S/C15H12FN3S/c1-10-13(16)6-3-7-14(10)19-15(20)18-12-5-2-4-11(8-12)9-17/h2-8H,1H3,(H2,18,19,20). The number of benzene rings is 2. The number of rotatable bonds is 2. The van der Waals surface area contributed by atoms with Crippen molar-refractivity contribution in [3.63, 3.8) is 0 Å². The Labute approximate surface area is 122 Å². The predicted molar refractivity (Wildman–Crippen MR) is 82.1 cm³/mol. The Morgan fingerprint density at radius 3 is 2.70 bits per heavy atom. The van der Waals surface area contributed by atoms with Crippen molar-refractivity contribution in [2.24, 2.45) is 0 Å². The molecule has 2 rings (SSSR count). The Morgan fingerprint density at radius 2 is 1.95 bits per heavy atom.